The Kier molecular flexibility index (Phi) is 5.20. The molecule has 0 bridgehead atoms. The van der Waals surface area contributed by atoms with Crippen molar-refractivity contribution in [3.05, 3.63) is 119 Å². The molecule has 0 spiro atoms. The molecule has 0 atom stereocenters. The zero-order valence-corrected chi connectivity index (χ0v) is 16.2. The number of imidazole rings is 1. The van der Waals surface area contributed by atoms with Crippen LogP contribution >= 0.6 is 0 Å². The normalized spacial score (nSPS) is 10.8. The third kappa shape index (κ3) is 4.24. The molecule has 0 amide bonds. The van der Waals surface area contributed by atoms with Gasteiger partial charge in [-0.2, -0.15) is 0 Å². The zero-order chi connectivity index (χ0) is 20.2. The number of benzene rings is 2. The molecule has 0 saturated heterocycles. The van der Waals surface area contributed by atoms with Gasteiger partial charge < -0.3 is 0 Å². The van der Waals surface area contributed by atoms with Gasteiger partial charge in [0, 0.05) is 29.9 Å². The molecule has 144 valence electrons. The van der Waals surface area contributed by atoms with Gasteiger partial charge in [0.2, 0.25) is 12.1 Å². The molecule has 5 heteroatoms. The lowest BCUT2D eigenvalue weighted by Gasteiger charge is -2.06. The predicted octanol–water partition coefficient (Wildman–Crippen LogP) is 2.94. The summed E-state index contributed by atoms with van der Waals surface area (Å²) in [5.41, 5.74) is 3.55. The van der Waals surface area contributed by atoms with Crippen molar-refractivity contribution in [2.45, 2.75) is 13.0 Å². The van der Waals surface area contributed by atoms with E-state index >= 15 is 0 Å². The minimum Gasteiger partial charge on any atom is -0.290 e. The average Bonchev–Trinajstić information content (AvgIpc) is 3.08. The summed E-state index contributed by atoms with van der Waals surface area (Å²) in [4.78, 5) is 24.8. The van der Waals surface area contributed by atoms with E-state index in [1.807, 2.05) is 46.9 Å². The Morgan fingerprint density at radius 2 is 1.66 bits per heavy atom. The van der Waals surface area contributed by atoms with Gasteiger partial charge in [-0.15, -0.1) is 0 Å². The molecule has 0 aliphatic heterocycles. The summed E-state index contributed by atoms with van der Waals surface area (Å²) < 4.78 is 5.51. The SMILES string of the molecule is C[n+]1cc(Cc2ccccc2)n(CC(=O)c2ccc(-n3ccccc3=O)cc2)c1. The van der Waals surface area contributed by atoms with Crippen molar-refractivity contribution in [1.82, 2.24) is 9.13 Å². The first-order valence-electron chi connectivity index (χ1n) is 9.50. The van der Waals surface area contributed by atoms with Crippen LogP contribution in [0, 0.1) is 0 Å². The minimum atomic E-state index is -0.100. The van der Waals surface area contributed by atoms with E-state index in [0.29, 0.717) is 5.56 Å². The number of aromatic nitrogens is 3. The number of hydrogen-bond acceptors (Lipinski definition) is 2. The van der Waals surface area contributed by atoms with Crippen LogP contribution in [-0.4, -0.2) is 14.9 Å². The molecule has 0 N–H and O–H groups in total. The van der Waals surface area contributed by atoms with Crippen LogP contribution in [0.1, 0.15) is 21.6 Å². The van der Waals surface area contributed by atoms with Gasteiger partial charge in [-0.25, -0.2) is 9.13 Å². The summed E-state index contributed by atoms with van der Waals surface area (Å²) in [6.45, 7) is 0.271. The van der Waals surface area contributed by atoms with E-state index in [-0.39, 0.29) is 17.9 Å². The number of pyridine rings is 1. The number of ketones is 1. The van der Waals surface area contributed by atoms with Crippen molar-refractivity contribution in [2.24, 2.45) is 7.05 Å². The van der Waals surface area contributed by atoms with Crippen molar-refractivity contribution in [2.75, 3.05) is 0 Å². The Balaban J connectivity index is 1.53. The number of hydrogen-bond donors (Lipinski definition) is 0. The van der Waals surface area contributed by atoms with Crippen LogP contribution in [-0.2, 0) is 20.0 Å². The zero-order valence-electron chi connectivity index (χ0n) is 16.2. The second-order valence-electron chi connectivity index (χ2n) is 7.07. The smallest absolute Gasteiger partial charge is 0.255 e. The maximum atomic E-state index is 12.8. The maximum absolute atomic E-state index is 12.8. The molecule has 2 heterocycles. The minimum absolute atomic E-state index is 0.0301. The van der Waals surface area contributed by atoms with Gasteiger partial charge >= 0.3 is 0 Å². The van der Waals surface area contributed by atoms with Crippen LogP contribution in [0.25, 0.3) is 5.69 Å². The van der Waals surface area contributed by atoms with Crippen LogP contribution < -0.4 is 10.1 Å². The molecule has 0 unspecified atom stereocenters. The lowest BCUT2D eigenvalue weighted by Crippen LogP contribution is -2.24. The largest absolute Gasteiger partial charge is 0.290 e. The molecule has 0 radical (unpaired) electrons. The Morgan fingerprint density at radius 1 is 0.931 bits per heavy atom. The lowest BCUT2D eigenvalue weighted by atomic mass is 10.1. The number of carbonyl (C=O) groups is 1. The van der Waals surface area contributed by atoms with Crippen molar-refractivity contribution >= 4 is 5.78 Å². The summed E-state index contributed by atoms with van der Waals surface area (Å²) in [6.07, 6.45) is 6.47. The summed E-state index contributed by atoms with van der Waals surface area (Å²) in [7, 11) is 1.96. The Hall–Kier alpha value is -3.73. The van der Waals surface area contributed by atoms with Gasteiger partial charge in [-0.05, 0) is 35.9 Å². The van der Waals surface area contributed by atoms with E-state index in [0.717, 1.165) is 17.8 Å². The molecule has 29 heavy (non-hydrogen) atoms. The summed E-state index contributed by atoms with van der Waals surface area (Å²) in [5, 5.41) is 0. The third-order valence-electron chi connectivity index (χ3n) is 4.88. The molecule has 0 aliphatic carbocycles. The van der Waals surface area contributed by atoms with Crippen LogP contribution in [0.15, 0.2) is 96.3 Å². The van der Waals surface area contributed by atoms with Gasteiger partial charge in [0.1, 0.15) is 11.9 Å². The number of Topliss-reactive ketones (excluding diaryl/α,β-unsaturated/α-hetero) is 1. The van der Waals surface area contributed by atoms with Gasteiger partial charge in [-0.1, -0.05) is 36.4 Å². The fourth-order valence-electron chi connectivity index (χ4n) is 3.43. The third-order valence-corrected chi connectivity index (χ3v) is 4.88. The molecule has 4 aromatic rings. The van der Waals surface area contributed by atoms with Crippen molar-refractivity contribution in [3.8, 4) is 5.69 Å². The van der Waals surface area contributed by atoms with E-state index in [4.69, 9.17) is 0 Å². The molecule has 2 aromatic carbocycles. The van der Waals surface area contributed by atoms with Crippen molar-refractivity contribution < 1.29 is 9.36 Å². The topological polar surface area (TPSA) is 47.9 Å². The van der Waals surface area contributed by atoms with Crippen molar-refractivity contribution in [1.29, 1.82) is 0 Å². The molecule has 2 aromatic heterocycles. The Labute approximate surface area is 169 Å². The van der Waals surface area contributed by atoms with Gasteiger partial charge in [0.15, 0.2) is 6.54 Å². The first-order chi connectivity index (χ1) is 14.1. The molecule has 0 aliphatic rings. The molecular formula is C24H22N3O2+. The number of nitrogens with zero attached hydrogens (tertiary/aromatic N) is 3. The molecule has 4 rings (SSSR count). The average molecular weight is 384 g/mol. The van der Waals surface area contributed by atoms with Crippen LogP contribution in [0.2, 0.25) is 0 Å². The monoisotopic (exact) mass is 384 g/mol. The number of carbonyl (C=O) groups excluding carboxylic acids is 1. The van der Waals surface area contributed by atoms with E-state index in [1.165, 1.54) is 11.6 Å². The highest BCUT2D eigenvalue weighted by Gasteiger charge is 2.17. The highest BCUT2D eigenvalue weighted by atomic mass is 16.1. The lowest BCUT2D eigenvalue weighted by molar-refractivity contribution is -0.671. The van der Waals surface area contributed by atoms with E-state index in [2.05, 4.69) is 12.1 Å². The van der Waals surface area contributed by atoms with E-state index in [9.17, 15) is 9.59 Å². The fraction of sp³-hybridized carbons (Fsp3) is 0.125. The summed E-state index contributed by atoms with van der Waals surface area (Å²) in [6, 6.07) is 22.4. The fourth-order valence-corrected chi connectivity index (χ4v) is 3.43. The van der Waals surface area contributed by atoms with Crippen LogP contribution in [0.3, 0.4) is 0 Å². The van der Waals surface area contributed by atoms with Crippen LogP contribution in [0.4, 0.5) is 0 Å². The quantitative estimate of drug-likeness (QED) is 0.379. The van der Waals surface area contributed by atoms with Gasteiger partial charge in [0.25, 0.3) is 5.56 Å². The second kappa shape index (κ2) is 8.10. The highest BCUT2D eigenvalue weighted by Crippen LogP contribution is 2.12. The first-order valence-corrected chi connectivity index (χ1v) is 9.50. The first kappa shape index (κ1) is 18.6. The Morgan fingerprint density at radius 3 is 2.38 bits per heavy atom. The molecular weight excluding hydrogens is 362 g/mol. The molecule has 0 saturated carbocycles. The standard InChI is InChI=1S/C24H22N3O2/c1-25-16-22(15-19-7-3-2-4-8-19)26(18-25)17-23(28)20-10-12-21(13-11-20)27-14-6-5-9-24(27)29/h2-14,16,18H,15,17H2,1H3/q+1. The van der Waals surface area contributed by atoms with Crippen LogP contribution in [0.5, 0.6) is 0 Å². The summed E-state index contributed by atoms with van der Waals surface area (Å²) in [5.74, 6) is 0.0301. The predicted molar refractivity (Wildman–Crippen MR) is 111 cm³/mol. The van der Waals surface area contributed by atoms with Gasteiger partial charge in [-0.3, -0.25) is 14.2 Å². The molecule has 5 nitrogen and oxygen atoms in total. The molecule has 0 fully saturated rings. The van der Waals surface area contributed by atoms with Crippen molar-refractivity contribution in [3.63, 3.8) is 0 Å². The number of rotatable bonds is 6. The highest BCUT2D eigenvalue weighted by molar-refractivity contribution is 5.96. The number of aryl methyl sites for hydroxylation is 1. The maximum Gasteiger partial charge on any atom is 0.255 e. The van der Waals surface area contributed by atoms with E-state index in [1.54, 1.807) is 47.2 Å². The summed E-state index contributed by atoms with van der Waals surface area (Å²) >= 11 is 0. The van der Waals surface area contributed by atoms with Gasteiger partial charge in [0.05, 0.1) is 7.05 Å². The second-order valence-corrected chi connectivity index (χ2v) is 7.07. The van der Waals surface area contributed by atoms with E-state index < -0.39 is 0 Å². The Bertz CT molecular complexity index is 1190.